The summed E-state index contributed by atoms with van der Waals surface area (Å²) >= 11 is 2.97. The van der Waals surface area contributed by atoms with Crippen molar-refractivity contribution < 1.29 is 9.53 Å². The SMILES string of the molecule is Cc1nnc(SC2CC(C)OC2=O)s1. The molecule has 0 amide bonds. The average Bonchev–Trinajstić information content (AvgIpc) is 2.61. The van der Waals surface area contributed by atoms with Crippen LogP contribution in [0.25, 0.3) is 0 Å². The maximum absolute atomic E-state index is 11.3. The second-order valence-corrected chi connectivity index (χ2v) is 5.81. The minimum atomic E-state index is -0.129. The molecule has 1 aliphatic heterocycles. The minimum absolute atomic E-state index is 0.0361. The van der Waals surface area contributed by atoms with Gasteiger partial charge in [0.2, 0.25) is 0 Å². The first-order chi connectivity index (χ1) is 6.65. The van der Waals surface area contributed by atoms with Gasteiger partial charge in [0.15, 0.2) is 4.34 Å². The highest BCUT2D eigenvalue weighted by Gasteiger charge is 2.33. The van der Waals surface area contributed by atoms with E-state index in [1.165, 1.54) is 23.1 Å². The van der Waals surface area contributed by atoms with Gasteiger partial charge >= 0.3 is 5.97 Å². The molecule has 76 valence electrons. The number of thioether (sulfide) groups is 1. The van der Waals surface area contributed by atoms with Crippen LogP contribution >= 0.6 is 23.1 Å². The maximum Gasteiger partial charge on any atom is 0.319 e. The summed E-state index contributed by atoms with van der Waals surface area (Å²) < 4.78 is 5.90. The van der Waals surface area contributed by atoms with E-state index < -0.39 is 0 Å². The molecule has 0 radical (unpaired) electrons. The summed E-state index contributed by atoms with van der Waals surface area (Å²) in [6, 6.07) is 0. The van der Waals surface area contributed by atoms with E-state index in [1.807, 2.05) is 13.8 Å². The Balaban J connectivity index is 2.01. The molecule has 0 saturated carbocycles. The zero-order valence-corrected chi connectivity index (χ0v) is 9.52. The van der Waals surface area contributed by atoms with Crippen molar-refractivity contribution in [2.24, 2.45) is 0 Å². The summed E-state index contributed by atoms with van der Waals surface area (Å²) in [5, 5.41) is 8.68. The van der Waals surface area contributed by atoms with Gasteiger partial charge in [0.1, 0.15) is 16.4 Å². The molecule has 4 nitrogen and oxygen atoms in total. The topological polar surface area (TPSA) is 52.1 Å². The number of hydrogen-bond donors (Lipinski definition) is 0. The van der Waals surface area contributed by atoms with Gasteiger partial charge in [0.05, 0.1) is 0 Å². The number of carbonyl (C=O) groups is 1. The number of esters is 1. The second kappa shape index (κ2) is 3.86. The Morgan fingerprint density at radius 3 is 2.86 bits per heavy atom. The summed E-state index contributed by atoms with van der Waals surface area (Å²) in [5.74, 6) is -0.129. The number of ether oxygens (including phenoxy) is 1. The van der Waals surface area contributed by atoms with Crippen LogP contribution in [0.2, 0.25) is 0 Å². The first-order valence-electron chi connectivity index (χ1n) is 4.32. The molecule has 1 fully saturated rings. The Kier molecular flexibility index (Phi) is 2.73. The van der Waals surface area contributed by atoms with Crippen molar-refractivity contribution in [2.75, 3.05) is 0 Å². The number of cyclic esters (lactones) is 1. The monoisotopic (exact) mass is 230 g/mol. The lowest BCUT2D eigenvalue weighted by molar-refractivity contribution is -0.140. The molecule has 2 unspecified atom stereocenters. The van der Waals surface area contributed by atoms with E-state index in [0.717, 1.165) is 15.8 Å². The zero-order valence-electron chi connectivity index (χ0n) is 7.89. The van der Waals surface area contributed by atoms with Crippen molar-refractivity contribution in [2.45, 2.75) is 36.0 Å². The lowest BCUT2D eigenvalue weighted by Gasteiger charge is -1.99. The number of hydrogen-bond acceptors (Lipinski definition) is 6. The molecule has 1 aromatic heterocycles. The molecular formula is C8H10N2O2S2. The lowest BCUT2D eigenvalue weighted by Crippen LogP contribution is -2.08. The number of carbonyl (C=O) groups excluding carboxylic acids is 1. The Hall–Kier alpha value is -0.620. The molecule has 2 atom stereocenters. The summed E-state index contributed by atoms with van der Waals surface area (Å²) in [4.78, 5) is 11.3. The highest BCUT2D eigenvalue weighted by atomic mass is 32.2. The van der Waals surface area contributed by atoms with Crippen molar-refractivity contribution in [3.05, 3.63) is 5.01 Å². The zero-order chi connectivity index (χ0) is 10.1. The fraction of sp³-hybridized carbons (Fsp3) is 0.625. The predicted molar refractivity (Wildman–Crippen MR) is 54.5 cm³/mol. The standard InChI is InChI=1S/C8H10N2O2S2/c1-4-3-6(7(11)12-4)14-8-10-9-5(2)13-8/h4,6H,3H2,1-2H3. The smallest absolute Gasteiger partial charge is 0.319 e. The van der Waals surface area contributed by atoms with E-state index in [2.05, 4.69) is 10.2 Å². The van der Waals surface area contributed by atoms with Crippen LogP contribution in [0, 0.1) is 6.92 Å². The van der Waals surface area contributed by atoms with E-state index >= 15 is 0 Å². The van der Waals surface area contributed by atoms with Crippen LogP contribution in [0.4, 0.5) is 0 Å². The van der Waals surface area contributed by atoms with Crippen LogP contribution in [-0.4, -0.2) is 27.5 Å². The summed E-state index contributed by atoms with van der Waals surface area (Å²) in [7, 11) is 0. The van der Waals surface area contributed by atoms with Gasteiger partial charge < -0.3 is 4.74 Å². The molecule has 1 aromatic rings. The molecule has 2 heterocycles. The maximum atomic E-state index is 11.3. The lowest BCUT2D eigenvalue weighted by atomic mass is 10.3. The Morgan fingerprint density at radius 2 is 2.36 bits per heavy atom. The number of aryl methyl sites for hydroxylation is 1. The van der Waals surface area contributed by atoms with Crippen molar-refractivity contribution in [3.63, 3.8) is 0 Å². The number of aromatic nitrogens is 2. The molecule has 2 rings (SSSR count). The fourth-order valence-electron chi connectivity index (χ4n) is 1.26. The third-order valence-electron chi connectivity index (χ3n) is 1.88. The molecular weight excluding hydrogens is 220 g/mol. The molecule has 0 N–H and O–H groups in total. The molecule has 6 heteroatoms. The highest BCUT2D eigenvalue weighted by molar-refractivity contribution is 8.02. The van der Waals surface area contributed by atoms with Crippen molar-refractivity contribution >= 4 is 29.1 Å². The first kappa shape index (κ1) is 9.92. The van der Waals surface area contributed by atoms with Crippen molar-refractivity contribution in [1.29, 1.82) is 0 Å². The van der Waals surface area contributed by atoms with Crippen molar-refractivity contribution in [3.8, 4) is 0 Å². The van der Waals surface area contributed by atoms with Gasteiger partial charge in [0, 0.05) is 6.42 Å². The normalized spacial score (nSPS) is 26.6. The third kappa shape index (κ3) is 2.06. The summed E-state index contributed by atoms with van der Waals surface area (Å²) in [5.41, 5.74) is 0. The summed E-state index contributed by atoms with van der Waals surface area (Å²) in [6.07, 6.45) is 0.802. The third-order valence-corrected chi connectivity index (χ3v) is 4.00. The predicted octanol–water partition coefficient (Wildman–Crippen LogP) is 1.64. The quantitative estimate of drug-likeness (QED) is 0.723. The van der Waals surface area contributed by atoms with E-state index in [-0.39, 0.29) is 17.3 Å². The second-order valence-electron chi connectivity index (χ2n) is 3.18. The van der Waals surface area contributed by atoms with Crippen LogP contribution in [0.3, 0.4) is 0 Å². The van der Waals surface area contributed by atoms with Crippen LogP contribution in [0.5, 0.6) is 0 Å². The Morgan fingerprint density at radius 1 is 1.57 bits per heavy atom. The molecule has 14 heavy (non-hydrogen) atoms. The van der Waals surface area contributed by atoms with Gasteiger partial charge in [-0.25, -0.2) is 0 Å². The highest BCUT2D eigenvalue weighted by Crippen LogP contribution is 2.33. The molecule has 0 spiro atoms. The van der Waals surface area contributed by atoms with Gasteiger partial charge in [0.25, 0.3) is 0 Å². The first-order valence-corrected chi connectivity index (χ1v) is 6.02. The van der Waals surface area contributed by atoms with Crippen LogP contribution in [0.1, 0.15) is 18.4 Å². The molecule has 0 aromatic carbocycles. The van der Waals surface area contributed by atoms with Gasteiger partial charge in [-0.1, -0.05) is 23.1 Å². The van der Waals surface area contributed by atoms with Crippen molar-refractivity contribution in [1.82, 2.24) is 10.2 Å². The van der Waals surface area contributed by atoms with E-state index in [9.17, 15) is 4.79 Å². The molecule has 1 aliphatic rings. The van der Waals surface area contributed by atoms with Crippen LogP contribution in [0.15, 0.2) is 4.34 Å². The van der Waals surface area contributed by atoms with Gasteiger partial charge in [-0.2, -0.15) is 0 Å². The number of rotatable bonds is 2. The largest absolute Gasteiger partial charge is 0.462 e. The van der Waals surface area contributed by atoms with Gasteiger partial charge in [-0.05, 0) is 13.8 Å². The van der Waals surface area contributed by atoms with E-state index in [4.69, 9.17) is 4.74 Å². The van der Waals surface area contributed by atoms with Gasteiger partial charge in [-0.3, -0.25) is 4.79 Å². The number of nitrogens with zero attached hydrogens (tertiary/aromatic N) is 2. The Bertz CT molecular complexity index is 353. The van der Waals surface area contributed by atoms with E-state index in [1.54, 1.807) is 0 Å². The molecule has 0 aliphatic carbocycles. The van der Waals surface area contributed by atoms with Gasteiger partial charge in [-0.15, -0.1) is 10.2 Å². The van der Waals surface area contributed by atoms with Crippen LogP contribution < -0.4 is 0 Å². The fourth-order valence-corrected chi connectivity index (χ4v) is 3.43. The molecule has 0 bridgehead atoms. The van der Waals surface area contributed by atoms with E-state index in [0.29, 0.717) is 0 Å². The van der Waals surface area contributed by atoms with Crippen LogP contribution in [-0.2, 0) is 9.53 Å². The average molecular weight is 230 g/mol. The molecule has 1 saturated heterocycles. The Labute approximate surface area is 90.1 Å². The minimum Gasteiger partial charge on any atom is -0.462 e. The summed E-state index contributed by atoms with van der Waals surface area (Å²) in [6.45, 7) is 3.81.